The Morgan fingerprint density at radius 3 is 2.89 bits per heavy atom. The molecule has 0 saturated heterocycles. The molecule has 4 nitrogen and oxygen atoms in total. The predicted molar refractivity (Wildman–Crippen MR) is 72.9 cm³/mol. The molecular weight excluding hydrogens is 248 g/mol. The average molecular weight is 263 g/mol. The molecule has 0 bridgehead atoms. The number of nitrogens with two attached hydrogens (primary N) is 1. The van der Waals surface area contributed by atoms with Crippen LogP contribution in [-0.4, -0.2) is 22.7 Å². The van der Waals surface area contributed by atoms with Gasteiger partial charge in [0.05, 0.1) is 11.8 Å². The monoisotopic (exact) mass is 262 g/mol. The molecule has 18 heavy (non-hydrogen) atoms. The molecule has 2 unspecified atom stereocenters. The number of hydrazone groups is 1. The van der Waals surface area contributed by atoms with E-state index in [-0.39, 0.29) is 12.0 Å². The van der Waals surface area contributed by atoms with Crippen LogP contribution in [0.4, 0.5) is 0 Å². The predicted octanol–water partition coefficient (Wildman–Crippen LogP) is 2.42. The van der Waals surface area contributed by atoms with Gasteiger partial charge in [-0.1, -0.05) is 36.2 Å². The van der Waals surface area contributed by atoms with E-state index in [1.165, 1.54) is 0 Å². The fourth-order valence-electron chi connectivity index (χ4n) is 2.97. The van der Waals surface area contributed by atoms with Gasteiger partial charge in [-0.25, -0.2) is 5.01 Å². The van der Waals surface area contributed by atoms with Crippen molar-refractivity contribution in [1.29, 1.82) is 5.41 Å². The minimum absolute atomic E-state index is 0.0222. The average Bonchev–Trinajstić information content (AvgIpc) is 2.90. The second kappa shape index (κ2) is 4.28. The highest BCUT2D eigenvalue weighted by molar-refractivity contribution is 6.34. The van der Waals surface area contributed by atoms with Crippen LogP contribution in [0.15, 0.2) is 29.4 Å². The summed E-state index contributed by atoms with van der Waals surface area (Å²) in [7, 11) is 0. The number of rotatable bonds is 1. The van der Waals surface area contributed by atoms with Gasteiger partial charge < -0.3 is 5.73 Å². The van der Waals surface area contributed by atoms with Crippen molar-refractivity contribution in [3.63, 3.8) is 0 Å². The summed E-state index contributed by atoms with van der Waals surface area (Å²) < 4.78 is 0. The van der Waals surface area contributed by atoms with Crippen molar-refractivity contribution in [3.05, 3.63) is 34.9 Å². The van der Waals surface area contributed by atoms with Gasteiger partial charge in [-0.15, -0.1) is 0 Å². The summed E-state index contributed by atoms with van der Waals surface area (Å²) in [5, 5.41) is 14.5. The first-order valence-corrected chi connectivity index (χ1v) is 6.53. The maximum atomic E-state index is 7.61. The minimum atomic E-state index is 0.0222. The number of nitrogens with zero attached hydrogens (tertiary/aromatic N) is 2. The molecule has 94 valence electrons. The van der Waals surface area contributed by atoms with E-state index >= 15 is 0 Å². The van der Waals surface area contributed by atoms with Crippen molar-refractivity contribution in [1.82, 2.24) is 5.01 Å². The van der Waals surface area contributed by atoms with Crippen LogP contribution >= 0.6 is 11.6 Å². The van der Waals surface area contributed by atoms with E-state index in [0.717, 1.165) is 30.5 Å². The fraction of sp³-hybridized carbons (Fsp3) is 0.385. The number of halogens is 1. The first kappa shape index (κ1) is 11.5. The summed E-state index contributed by atoms with van der Waals surface area (Å²) in [6.07, 6.45) is 3.29. The smallest absolute Gasteiger partial charge is 0.209 e. The number of benzene rings is 1. The lowest BCUT2D eigenvalue weighted by Gasteiger charge is -2.20. The Labute approximate surface area is 111 Å². The molecule has 1 aliphatic carbocycles. The first-order valence-electron chi connectivity index (χ1n) is 6.15. The zero-order valence-corrected chi connectivity index (χ0v) is 10.7. The molecule has 2 aliphatic rings. The van der Waals surface area contributed by atoms with Gasteiger partial charge in [0.15, 0.2) is 0 Å². The first-order chi connectivity index (χ1) is 8.68. The molecule has 1 aromatic rings. The van der Waals surface area contributed by atoms with Crippen LogP contribution in [0.25, 0.3) is 0 Å². The molecule has 1 saturated carbocycles. The maximum absolute atomic E-state index is 7.61. The van der Waals surface area contributed by atoms with Crippen LogP contribution in [0.5, 0.6) is 0 Å². The van der Waals surface area contributed by atoms with Gasteiger partial charge in [-0.3, -0.25) is 5.41 Å². The van der Waals surface area contributed by atoms with Crippen LogP contribution in [0.3, 0.4) is 0 Å². The number of nitrogens with one attached hydrogen (secondary N) is 1. The Morgan fingerprint density at radius 1 is 1.39 bits per heavy atom. The Balaban J connectivity index is 2.04. The van der Waals surface area contributed by atoms with Crippen molar-refractivity contribution in [3.8, 4) is 0 Å². The van der Waals surface area contributed by atoms with Gasteiger partial charge in [0.25, 0.3) is 0 Å². The molecule has 1 aliphatic heterocycles. The quantitative estimate of drug-likeness (QED) is 0.603. The van der Waals surface area contributed by atoms with Crippen LogP contribution in [0.1, 0.15) is 24.8 Å². The van der Waals surface area contributed by atoms with E-state index in [1.54, 1.807) is 5.01 Å². The molecule has 3 rings (SSSR count). The highest BCUT2D eigenvalue weighted by Gasteiger charge is 2.42. The Bertz CT molecular complexity index is 525. The van der Waals surface area contributed by atoms with E-state index in [2.05, 4.69) is 5.10 Å². The van der Waals surface area contributed by atoms with Crippen molar-refractivity contribution < 1.29 is 0 Å². The van der Waals surface area contributed by atoms with Gasteiger partial charge in [-0.2, -0.15) is 5.10 Å². The van der Waals surface area contributed by atoms with E-state index in [4.69, 9.17) is 22.7 Å². The topological polar surface area (TPSA) is 65.5 Å². The third-order valence-electron chi connectivity index (χ3n) is 3.76. The second-order valence-corrected chi connectivity index (χ2v) is 5.21. The Kier molecular flexibility index (Phi) is 2.74. The van der Waals surface area contributed by atoms with E-state index in [1.807, 2.05) is 24.3 Å². The molecule has 1 aromatic carbocycles. The number of guanidine groups is 1. The number of fused-ring (bicyclic) bond motifs is 1. The van der Waals surface area contributed by atoms with Gasteiger partial charge in [0, 0.05) is 16.5 Å². The van der Waals surface area contributed by atoms with Crippen LogP contribution in [0.2, 0.25) is 5.02 Å². The molecule has 3 N–H and O–H groups in total. The second-order valence-electron chi connectivity index (χ2n) is 4.80. The summed E-state index contributed by atoms with van der Waals surface area (Å²) in [5.74, 6) is 0.378. The molecule has 0 amide bonds. The minimum Gasteiger partial charge on any atom is -0.369 e. The zero-order valence-electron chi connectivity index (χ0n) is 9.94. The lowest BCUT2D eigenvalue weighted by Crippen LogP contribution is -2.38. The Hall–Kier alpha value is -1.55. The third-order valence-corrected chi connectivity index (χ3v) is 4.09. The largest absolute Gasteiger partial charge is 0.369 e. The van der Waals surface area contributed by atoms with Crippen LogP contribution < -0.4 is 5.73 Å². The number of hydrogen-bond acceptors (Lipinski definition) is 2. The SMILES string of the molecule is N=C(N)N1N=C(c2ccccc2Cl)C2CCCC21. The highest BCUT2D eigenvalue weighted by atomic mass is 35.5. The van der Waals surface area contributed by atoms with E-state index < -0.39 is 0 Å². The van der Waals surface area contributed by atoms with Crippen molar-refractivity contribution in [2.45, 2.75) is 25.3 Å². The molecular formula is C13H15ClN4. The lowest BCUT2D eigenvalue weighted by atomic mass is 9.93. The van der Waals surface area contributed by atoms with Gasteiger partial charge >= 0.3 is 0 Å². The van der Waals surface area contributed by atoms with E-state index in [0.29, 0.717) is 10.9 Å². The third kappa shape index (κ3) is 1.68. The molecule has 0 spiro atoms. The van der Waals surface area contributed by atoms with Gasteiger partial charge in [0.2, 0.25) is 5.96 Å². The summed E-state index contributed by atoms with van der Waals surface area (Å²) in [4.78, 5) is 0. The fourth-order valence-corrected chi connectivity index (χ4v) is 3.20. The van der Waals surface area contributed by atoms with Crippen LogP contribution in [-0.2, 0) is 0 Å². The molecule has 0 radical (unpaired) electrons. The molecule has 2 atom stereocenters. The highest BCUT2D eigenvalue weighted by Crippen LogP contribution is 2.39. The number of hydrogen-bond donors (Lipinski definition) is 2. The summed E-state index contributed by atoms with van der Waals surface area (Å²) in [6, 6.07) is 7.98. The van der Waals surface area contributed by atoms with Crippen molar-refractivity contribution in [2.24, 2.45) is 16.8 Å². The molecule has 1 fully saturated rings. The molecule has 0 aromatic heterocycles. The normalized spacial score (nSPS) is 26.1. The summed E-state index contributed by atoms with van der Waals surface area (Å²) in [5.41, 5.74) is 7.56. The standard InChI is InChI=1S/C13H15ClN4/c14-10-6-2-1-4-8(10)12-9-5-3-7-11(9)18(17-12)13(15)16/h1-2,4,6,9,11H,3,5,7H2,(H3,15,16). The molecule has 5 heteroatoms. The summed E-state index contributed by atoms with van der Waals surface area (Å²) in [6.45, 7) is 0. The Morgan fingerprint density at radius 2 is 2.17 bits per heavy atom. The van der Waals surface area contributed by atoms with Gasteiger partial charge in [0.1, 0.15) is 0 Å². The molecule has 1 heterocycles. The summed E-state index contributed by atoms with van der Waals surface area (Å²) >= 11 is 6.24. The zero-order chi connectivity index (χ0) is 12.7. The van der Waals surface area contributed by atoms with Crippen molar-refractivity contribution >= 4 is 23.3 Å². The van der Waals surface area contributed by atoms with Crippen molar-refractivity contribution in [2.75, 3.05) is 0 Å². The maximum Gasteiger partial charge on any atom is 0.209 e. The van der Waals surface area contributed by atoms with Crippen LogP contribution in [0, 0.1) is 11.3 Å². The van der Waals surface area contributed by atoms with Gasteiger partial charge in [-0.05, 0) is 18.9 Å². The van der Waals surface area contributed by atoms with E-state index in [9.17, 15) is 0 Å². The lowest BCUT2D eigenvalue weighted by molar-refractivity contribution is 0.331.